The van der Waals surface area contributed by atoms with Crippen LogP contribution in [0.4, 0.5) is 0 Å². The minimum absolute atomic E-state index is 0.0495. The second kappa shape index (κ2) is 7.88. The molecule has 0 aromatic rings. The number of carbonyl (C=O) groups excluding carboxylic acids is 2. The molecule has 0 aliphatic heterocycles. The summed E-state index contributed by atoms with van der Waals surface area (Å²) in [5, 5.41) is 0. The van der Waals surface area contributed by atoms with E-state index in [0.717, 1.165) is 35.0 Å². The molecule has 0 saturated heterocycles. The monoisotopic (exact) mass is 298 g/mol. The first-order valence-corrected chi connectivity index (χ1v) is 7.67. The zero-order valence-electron chi connectivity index (χ0n) is 14.3. The van der Waals surface area contributed by atoms with Gasteiger partial charge in [-0.1, -0.05) is 49.8 Å². The molecule has 0 fully saturated rings. The van der Waals surface area contributed by atoms with Gasteiger partial charge in [-0.2, -0.15) is 0 Å². The highest BCUT2D eigenvalue weighted by Crippen LogP contribution is 2.39. The number of rotatable bonds is 5. The van der Waals surface area contributed by atoms with Crippen molar-refractivity contribution in [3.63, 3.8) is 0 Å². The van der Waals surface area contributed by atoms with E-state index in [1.165, 1.54) is 6.08 Å². The Morgan fingerprint density at radius 2 is 1.73 bits per heavy atom. The Balaban J connectivity index is 2.90. The van der Waals surface area contributed by atoms with Crippen LogP contribution >= 0.6 is 0 Å². The third-order valence-electron chi connectivity index (χ3n) is 4.09. The highest BCUT2D eigenvalue weighted by molar-refractivity contribution is 5.97. The normalized spacial score (nSPS) is 20.3. The molecule has 22 heavy (non-hydrogen) atoms. The minimum atomic E-state index is 0.0495. The van der Waals surface area contributed by atoms with Crippen LogP contribution in [0.2, 0.25) is 0 Å². The fourth-order valence-corrected chi connectivity index (χ4v) is 2.54. The SMILES string of the molecule is CC1=C(/C=C/C(C)=C\C=C\C(C)=C/C=O)C(C)(C)CCC1=O. The number of carbonyl (C=O) groups is 2. The van der Waals surface area contributed by atoms with Crippen LogP contribution in [0.25, 0.3) is 0 Å². The van der Waals surface area contributed by atoms with Crippen molar-refractivity contribution < 1.29 is 9.59 Å². The standard InChI is InChI=1S/C20H26O2/c1-15(7-6-8-16(2)12-14-21)9-10-18-17(3)19(22)11-13-20(18,4)5/h6-10,12,14H,11,13H2,1-5H3/b8-6+,10-9+,15-7-,16-12-. The number of Topliss-reactive ketones (excluding diaryl/α,β-unsaturated/α-hetero) is 1. The smallest absolute Gasteiger partial charge is 0.158 e. The summed E-state index contributed by atoms with van der Waals surface area (Å²) in [6.07, 6.45) is 13.8. The molecule has 0 N–H and O–H groups in total. The van der Waals surface area contributed by atoms with Crippen molar-refractivity contribution in [2.24, 2.45) is 5.41 Å². The molecule has 0 aromatic carbocycles. The van der Waals surface area contributed by atoms with Crippen molar-refractivity contribution in [3.8, 4) is 0 Å². The van der Waals surface area contributed by atoms with E-state index in [0.29, 0.717) is 6.42 Å². The Morgan fingerprint density at radius 3 is 2.36 bits per heavy atom. The van der Waals surface area contributed by atoms with Crippen LogP contribution in [-0.2, 0) is 9.59 Å². The lowest BCUT2D eigenvalue weighted by atomic mass is 9.72. The van der Waals surface area contributed by atoms with Crippen LogP contribution in [-0.4, -0.2) is 12.1 Å². The van der Waals surface area contributed by atoms with E-state index in [1.54, 1.807) is 0 Å². The van der Waals surface area contributed by atoms with Gasteiger partial charge in [0.2, 0.25) is 0 Å². The third kappa shape index (κ3) is 5.10. The molecule has 1 rings (SSSR count). The van der Waals surface area contributed by atoms with Gasteiger partial charge in [0.15, 0.2) is 5.78 Å². The van der Waals surface area contributed by atoms with Gasteiger partial charge in [0.25, 0.3) is 0 Å². The summed E-state index contributed by atoms with van der Waals surface area (Å²) >= 11 is 0. The number of hydrogen-bond donors (Lipinski definition) is 0. The van der Waals surface area contributed by atoms with Gasteiger partial charge in [-0.15, -0.1) is 0 Å². The second-order valence-corrected chi connectivity index (χ2v) is 6.50. The molecule has 0 amide bonds. The van der Waals surface area contributed by atoms with Crippen molar-refractivity contribution in [2.45, 2.75) is 47.5 Å². The van der Waals surface area contributed by atoms with Crippen LogP contribution in [0.15, 0.2) is 58.7 Å². The molecule has 0 atom stereocenters. The Morgan fingerprint density at radius 1 is 1.09 bits per heavy atom. The summed E-state index contributed by atoms with van der Waals surface area (Å²) in [6.45, 7) is 10.2. The average Bonchev–Trinajstić information content (AvgIpc) is 2.43. The molecule has 0 heterocycles. The molecule has 1 aliphatic rings. The van der Waals surface area contributed by atoms with Crippen LogP contribution in [0.1, 0.15) is 47.5 Å². The van der Waals surface area contributed by atoms with E-state index >= 15 is 0 Å². The summed E-state index contributed by atoms with van der Waals surface area (Å²) in [5.74, 6) is 0.259. The maximum Gasteiger partial charge on any atom is 0.158 e. The lowest BCUT2D eigenvalue weighted by Gasteiger charge is -2.32. The highest BCUT2D eigenvalue weighted by atomic mass is 16.1. The molecule has 0 bridgehead atoms. The largest absolute Gasteiger partial charge is 0.299 e. The first-order chi connectivity index (χ1) is 10.3. The minimum Gasteiger partial charge on any atom is -0.299 e. The zero-order chi connectivity index (χ0) is 16.8. The van der Waals surface area contributed by atoms with E-state index in [-0.39, 0.29) is 11.2 Å². The van der Waals surface area contributed by atoms with E-state index < -0.39 is 0 Å². The van der Waals surface area contributed by atoms with E-state index in [2.05, 4.69) is 19.9 Å². The Labute approximate surface area is 134 Å². The fraction of sp³-hybridized carbons (Fsp3) is 0.400. The van der Waals surface area contributed by atoms with Gasteiger partial charge in [-0.25, -0.2) is 0 Å². The second-order valence-electron chi connectivity index (χ2n) is 6.50. The first kappa shape index (κ1) is 18.1. The summed E-state index contributed by atoms with van der Waals surface area (Å²) < 4.78 is 0. The quantitative estimate of drug-likeness (QED) is 0.411. The molecule has 1 aliphatic carbocycles. The average molecular weight is 298 g/mol. The molecule has 118 valence electrons. The van der Waals surface area contributed by atoms with Gasteiger partial charge in [-0.05, 0) is 55.4 Å². The first-order valence-electron chi connectivity index (χ1n) is 7.67. The van der Waals surface area contributed by atoms with Crippen molar-refractivity contribution in [1.82, 2.24) is 0 Å². The van der Waals surface area contributed by atoms with Gasteiger partial charge >= 0.3 is 0 Å². The lowest BCUT2D eigenvalue weighted by molar-refractivity contribution is -0.116. The molecule has 0 aromatic heterocycles. The summed E-state index contributed by atoms with van der Waals surface area (Å²) in [6, 6.07) is 0. The van der Waals surface area contributed by atoms with Crippen LogP contribution in [0, 0.1) is 5.41 Å². The fourth-order valence-electron chi connectivity index (χ4n) is 2.54. The molecular weight excluding hydrogens is 272 g/mol. The topological polar surface area (TPSA) is 34.1 Å². The van der Waals surface area contributed by atoms with Crippen LogP contribution in [0.3, 0.4) is 0 Å². The molecule has 0 radical (unpaired) electrons. The van der Waals surface area contributed by atoms with Gasteiger partial charge in [0.05, 0.1) is 0 Å². The van der Waals surface area contributed by atoms with Gasteiger partial charge in [0.1, 0.15) is 6.29 Å². The van der Waals surface area contributed by atoms with Gasteiger partial charge < -0.3 is 0 Å². The zero-order valence-corrected chi connectivity index (χ0v) is 14.3. The van der Waals surface area contributed by atoms with E-state index in [4.69, 9.17) is 0 Å². The van der Waals surface area contributed by atoms with Crippen molar-refractivity contribution in [2.75, 3.05) is 0 Å². The summed E-state index contributed by atoms with van der Waals surface area (Å²) in [4.78, 5) is 22.2. The van der Waals surface area contributed by atoms with Crippen molar-refractivity contribution in [1.29, 1.82) is 0 Å². The van der Waals surface area contributed by atoms with Crippen LogP contribution < -0.4 is 0 Å². The van der Waals surface area contributed by atoms with E-state index in [9.17, 15) is 9.59 Å². The molecule has 2 nitrogen and oxygen atoms in total. The number of allylic oxidation sites excluding steroid dienone is 10. The lowest BCUT2D eigenvalue weighted by Crippen LogP contribution is -2.24. The maximum absolute atomic E-state index is 11.9. The Hall–Kier alpha value is -1.96. The Kier molecular flexibility index (Phi) is 6.48. The number of ketones is 1. The molecule has 0 spiro atoms. The predicted octanol–water partition coefficient (Wildman–Crippen LogP) is 4.90. The molecule has 2 heteroatoms. The van der Waals surface area contributed by atoms with Crippen molar-refractivity contribution in [3.05, 3.63) is 58.7 Å². The Bertz CT molecular complexity index is 593. The van der Waals surface area contributed by atoms with Crippen molar-refractivity contribution >= 4 is 12.1 Å². The molecule has 0 saturated carbocycles. The van der Waals surface area contributed by atoms with Crippen LogP contribution in [0.5, 0.6) is 0 Å². The predicted molar refractivity (Wildman–Crippen MR) is 92.6 cm³/mol. The number of hydrogen-bond acceptors (Lipinski definition) is 2. The van der Waals surface area contributed by atoms with Gasteiger partial charge in [-0.3, -0.25) is 9.59 Å². The highest BCUT2D eigenvalue weighted by Gasteiger charge is 2.30. The van der Waals surface area contributed by atoms with Gasteiger partial charge in [0, 0.05) is 6.42 Å². The molecule has 0 unspecified atom stereocenters. The summed E-state index contributed by atoms with van der Waals surface area (Å²) in [7, 11) is 0. The maximum atomic E-state index is 11.9. The third-order valence-corrected chi connectivity index (χ3v) is 4.09. The molecular formula is C20H26O2. The van der Waals surface area contributed by atoms with E-state index in [1.807, 2.05) is 45.1 Å². The summed E-state index contributed by atoms with van der Waals surface area (Å²) in [5.41, 5.74) is 4.09. The number of aldehydes is 1.